The Morgan fingerprint density at radius 1 is 1.47 bits per heavy atom. The van der Waals surface area contributed by atoms with Crippen molar-refractivity contribution in [3.05, 3.63) is 23.2 Å². The second kappa shape index (κ2) is 3.37. The molecule has 1 aromatic rings. The predicted octanol–water partition coefficient (Wildman–Crippen LogP) is 1.22. The molecular weight excluding hydrogens is 228 g/mol. The Balaban J connectivity index is 2.10. The van der Waals surface area contributed by atoms with Crippen molar-refractivity contribution in [3.63, 3.8) is 0 Å². The quantitative estimate of drug-likeness (QED) is 0.733. The van der Waals surface area contributed by atoms with Crippen LogP contribution in [0.15, 0.2) is 12.4 Å². The van der Waals surface area contributed by atoms with Crippen molar-refractivity contribution in [1.29, 1.82) is 0 Å². The number of hydrogen-bond donors (Lipinski definition) is 0. The maximum Gasteiger partial charge on any atom is 0.282 e. The summed E-state index contributed by atoms with van der Waals surface area (Å²) in [5.41, 5.74) is -0.0157. The van der Waals surface area contributed by atoms with Crippen LogP contribution < -0.4 is 0 Å². The van der Waals surface area contributed by atoms with Gasteiger partial charge in [-0.05, 0) is 0 Å². The Bertz CT molecular complexity index is 405. The minimum Gasteiger partial charge on any atom is -0.325 e. The standard InChI is InChI=1S/C8H6ClF2N3O/c9-6-2-12-1-5(13-6)7(15)14-3-8(10,11)4-14/h1-2H,3-4H2. The van der Waals surface area contributed by atoms with Gasteiger partial charge in [0.2, 0.25) is 0 Å². The highest BCUT2D eigenvalue weighted by Gasteiger charge is 2.46. The second-order valence-electron chi connectivity index (χ2n) is 3.24. The van der Waals surface area contributed by atoms with E-state index in [0.29, 0.717) is 0 Å². The summed E-state index contributed by atoms with van der Waals surface area (Å²) in [6.45, 7) is -1.14. The zero-order valence-electron chi connectivity index (χ0n) is 7.45. The first-order valence-electron chi connectivity index (χ1n) is 4.13. The number of halogens is 3. The third-order valence-electron chi connectivity index (χ3n) is 1.96. The van der Waals surface area contributed by atoms with Crippen molar-refractivity contribution < 1.29 is 13.6 Å². The van der Waals surface area contributed by atoms with E-state index in [1.807, 2.05) is 0 Å². The summed E-state index contributed by atoms with van der Waals surface area (Å²) in [5.74, 6) is -3.35. The Labute approximate surface area is 88.9 Å². The zero-order valence-corrected chi connectivity index (χ0v) is 8.21. The lowest BCUT2D eigenvalue weighted by molar-refractivity contribution is -0.113. The molecule has 1 fully saturated rings. The van der Waals surface area contributed by atoms with E-state index < -0.39 is 24.9 Å². The summed E-state index contributed by atoms with van der Waals surface area (Å²) in [6.07, 6.45) is 2.47. The van der Waals surface area contributed by atoms with Crippen LogP contribution in [0.4, 0.5) is 8.78 Å². The van der Waals surface area contributed by atoms with Crippen molar-refractivity contribution in [2.75, 3.05) is 13.1 Å². The van der Waals surface area contributed by atoms with Crippen molar-refractivity contribution in [3.8, 4) is 0 Å². The summed E-state index contributed by atoms with van der Waals surface area (Å²) in [5, 5.41) is 0.0631. The molecule has 0 aliphatic carbocycles. The van der Waals surface area contributed by atoms with Gasteiger partial charge in [-0.15, -0.1) is 0 Å². The van der Waals surface area contributed by atoms with Crippen molar-refractivity contribution >= 4 is 17.5 Å². The summed E-state index contributed by atoms with van der Waals surface area (Å²) < 4.78 is 25.0. The monoisotopic (exact) mass is 233 g/mol. The molecule has 1 aromatic heterocycles. The molecule has 80 valence electrons. The number of aromatic nitrogens is 2. The van der Waals surface area contributed by atoms with Gasteiger partial charge in [0.05, 0.1) is 25.5 Å². The Morgan fingerprint density at radius 2 is 2.13 bits per heavy atom. The van der Waals surface area contributed by atoms with Gasteiger partial charge < -0.3 is 4.90 Å². The molecule has 0 saturated carbocycles. The van der Waals surface area contributed by atoms with Crippen LogP contribution in [-0.2, 0) is 0 Å². The van der Waals surface area contributed by atoms with Crippen LogP contribution in [0.1, 0.15) is 10.5 Å². The first-order chi connectivity index (χ1) is 6.98. The third kappa shape index (κ3) is 2.04. The number of nitrogens with zero attached hydrogens (tertiary/aromatic N) is 3. The summed E-state index contributed by atoms with van der Waals surface area (Å²) in [4.78, 5) is 19.8. The van der Waals surface area contributed by atoms with E-state index >= 15 is 0 Å². The largest absolute Gasteiger partial charge is 0.325 e. The Hall–Kier alpha value is -1.30. The van der Waals surface area contributed by atoms with Crippen LogP contribution in [0.5, 0.6) is 0 Å². The van der Waals surface area contributed by atoms with Crippen molar-refractivity contribution in [2.24, 2.45) is 0 Å². The molecule has 4 nitrogen and oxygen atoms in total. The highest BCUT2D eigenvalue weighted by Crippen LogP contribution is 2.27. The minimum atomic E-state index is -2.78. The van der Waals surface area contributed by atoms with Crippen molar-refractivity contribution in [2.45, 2.75) is 5.92 Å². The molecule has 1 aliphatic heterocycles. The molecule has 0 bridgehead atoms. The number of rotatable bonds is 1. The molecule has 15 heavy (non-hydrogen) atoms. The Morgan fingerprint density at radius 3 is 2.67 bits per heavy atom. The average Bonchev–Trinajstić information content (AvgIpc) is 2.13. The molecule has 2 heterocycles. The molecule has 7 heteroatoms. The SMILES string of the molecule is O=C(c1cncc(Cl)n1)N1CC(F)(F)C1. The highest BCUT2D eigenvalue weighted by molar-refractivity contribution is 6.29. The lowest BCUT2D eigenvalue weighted by Gasteiger charge is -2.38. The van der Waals surface area contributed by atoms with E-state index in [1.165, 1.54) is 12.4 Å². The fourth-order valence-corrected chi connectivity index (χ4v) is 1.41. The number of alkyl halides is 2. The van der Waals surface area contributed by atoms with E-state index in [4.69, 9.17) is 11.6 Å². The van der Waals surface area contributed by atoms with Crippen LogP contribution in [0.3, 0.4) is 0 Å². The van der Waals surface area contributed by atoms with Crippen LogP contribution in [0.25, 0.3) is 0 Å². The summed E-state index contributed by atoms with van der Waals surface area (Å²) in [7, 11) is 0. The van der Waals surface area contributed by atoms with Gasteiger partial charge in [-0.1, -0.05) is 11.6 Å². The number of hydrogen-bond acceptors (Lipinski definition) is 3. The maximum absolute atomic E-state index is 12.5. The number of likely N-dealkylation sites (tertiary alicyclic amines) is 1. The molecule has 0 unspecified atom stereocenters. The minimum absolute atomic E-state index is 0.0157. The van der Waals surface area contributed by atoms with E-state index in [2.05, 4.69) is 9.97 Å². The van der Waals surface area contributed by atoms with E-state index in [1.54, 1.807) is 0 Å². The fourth-order valence-electron chi connectivity index (χ4n) is 1.26. The maximum atomic E-state index is 12.5. The molecule has 2 rings (SSSR count). The average molecular weight is 234 g/mol. The smallest absolute Gasteiger partial charge is 0.282 e. The third-order valence-corrected chi connectivity index (χ3v) is 2.14. The second-order valence-corrected chi connectivity index (χ2v) is 3.63. The fraction of sp³-hybridized carbons (Fsp3) is 0.375. The van der Waals surface area contributed by atoms with Gasteiger partial charge in [0.1, 0.15) is 10.8 Å². The van der Waals surface area contributed by atoms with Gasteiger partial charge >= 0.3 is 0 Å². The highest BCUT2D eigenvalue weighted by atomic mass is 35.5. The van der Waals surface area contributed by atoms with Crippen LogP contribution in [0, 0.1) is 0 Å². The van der Waals surface area contributed by atoms with Gasteiger partial charge in [0, 0.05) is 0 Å². The molecular formula is C8H6ClF2N3O. The van der Waals surface area contributed by atoms with Crippen LogP contribution in [0.2, 0.25) is 5.15 Å². The number of amides is 1. The molecule has 0 spiro atoms. The predicted molar refractivity (Wildman–Crippen MR) is 47.9 cm³/mol. The van der Waals surface area contributed by atoms with E-state index in [-0.39, 0.29) is 10.8 Å². The van der Waals surface area contributed by atoms with Gasteiger partial charge in [-0.25, -0.2) is 13.8 Å². The lowest BCUT2D eigenvalue weighted by Crippen LogP contribution is -2.58. The van der Waals surface area contributed by atoms with Gasteiger partial charge in [-0.3, -0.25) is 9.78 Å². The number of carbonyl (C=O) groups excluding carboxylic acids is 1. The topological polar surface area (TPSA) is 46.1 Å². The molecule has 0 aromatic carbocycles. The van der Waals surface area contributed by atoms with E-state index in [9.17, 15) is 13.6 Å². The molecule has 1 saturated heterocycles. The Kier molecular flexibility index (Phi) is 2.30. The molecule has 1 aliphatic rings. The van der Waals surface area contributed by atoms with Crippen LogP contribution >= 0.6 is 11.6 Å². The molecule has 0 atom stereocenters. The first-order valence-corrected chi connectivity index (χ1v) is 4.50. The lowest BCUT2D eigenvalue weighted by atomic mass is 10.1. The van der Waals surface area contributed by atoms with Gasteiger partial charge in [-0.2, -0.15) is 0 Å². The van der Waals surface area contributed by atoms with Crippen molar-refractivity contribution in [1.82, 2.24) is 14.9 Å². The zero-order chi connectivity index (χ0) is 11.1. The molecule has 1 amide bonds. The summed E-state index contributed by atoms with van der Waals surface area (Å²) >= 11 is 5.52. The molecule has 0 radical (unpaired) electrons. The summed E-state index contributed by atoms with van der Waals surface area (Å²) in [6, 6.07) is 0. The number of carbonyl (C=O) groups is 1. The van der Waals surface area contributed by atoms with Gasteiger partial charge in [0.25, 0.3) is 11.8 Å². The first kappa shape index (κ1) is 10.2. The molecule has 0 N–H and O–H groups in total. The van der Waals surface area contributed by atoms with Crippen LogP contribution in [-0.4, -0.2) is 39.8 Å². The van der Waals surface area contributed by atoms with Gasteiger partial charge in [0.15, 0.2) is 0 Å². The normalized spacial score (nSPS) is 18.5. The van der Waals surface area contributed by atoms with E-state index in [0.717, 1.165) is 4.90 Å².